The Labute approximate surface area is 170 Å². The second-order valence-corrected chi connectivity index (χ2v) is 7.12. The van der Waals surface area contributed by atoms with Gasteiger partial charge in [0.05, 0.1) is 11.9 Å². The molecule has 8 nitrogen and oxygen atoms in total. The highest BCUT2D eigenvalue weighted by atomic mass is 19.4. The van der Waals surface area contributed by atoms with E-state index in [4.69, 9.17) is 5.11 Å². The highest BCUT2D eigenvalue weighted by molar-refractivity contribution is 5.95. The minimum atomic E-state index is -4.50. The lowest BCUT2D eigenvalue weighted by molar-refractivity contribution is -0.123. The van der Waals surface area contributed by atoms with Crippen LogP contribution < -0.4 is 10.6 Å². The summed E-state index contributed by atoms with van der Waals surface area (Å²) in [6, 6.07) is 4.60. The van der Waals surface area contributed by atoms with E-state index in [2.05, 4.69) is 15.6 Å². The molecular weight excluding hydrogens is 403 g/mol. The van der Waals surface area contributed by atoms with Crippen molar-refractivity contribution < 1.29 is 27.9 Å². The van der Waals surface area contributed by atoms with E-state index in [9.17, 15) is 22.8 Å². The molecule has 0 aliphatic heterocycles. The molecule has 0 radical (unpaired) electrons. The van der Waals surface area contributed by atoms with Gasteiger partial charge >= 0.3 is 6.18 Å². The number of unbranched alkanes of at least 4 members (excludes halogenated alkanes) is 1. The number of benzene rings is 1. The number of aliphatic hydroxyl groups is 1. The molecule has 1 aliphatic rings. The topological polar surface area (TPSA) is 109 Å². The van der Waals surface area contributed by atoms with Gasteiger partial charge in [0.2, 0.25) is 0 Å². The van der Waals surface area contributed by atoms with Crippen LogP contribution in [0, 0.1) is 0 Å². The lowest BCUT2D eigenvalue weighted by Gasteiger charge is -2.12. The van der Waals surface area contributed by atoms with Crippen LogP contribution in [0.4, 0.5) is 13.2 Å². The second-order valence-electron chi connectivity index (χ2n) is 7.12. The summed E-state index contributed by atoms with van der Waals surface area (Å²) in [5.74, 6) is -1.17. The quantitative estimate of drug-likeness (QED) is 0.531. The first kappa shape index (κ1) is 21.8. The number of aliphatic hydroxyl groups excluding tert-OH is 1. The van der Waals surface area contributed by atoms with Crippen LogP contribution in [-0.4, -0.2) is 57.3 Å². The van der Waals surface area contributed by atoms with Gasteiger partial charge in [-0.2, -0.15) is 13.2 Å². The summed E-state index contributed by atoms with van der Waals surface area (Å²) in [4.78, 5) is 24.2. The zero-order chi connectivity index (χ0) is 21.7. The number of rotatable bonds is 9. The smallest absolute Gasteiger partial charge is 0.396 e. The van der Waals surface area contributed by atoms with E-state index in [1.165, 1.54) is 23.0 Å². The molecule has 30 heavy (non-hydrogen) atoms. The van der Waals surface area contributed by atoms with Gasteiger partial charge in [-0.1, -0.05) is 5.21 Å². The predicted octanol–water partition coefficient (Wildman–Crippen LogP) is 1.77. The van der Waals surface area contributed by atoms with Crippen LogP contribution in [0.5, 0.6) is 0 Å². The average Bonchev–Trinajstić information content (AvgIpc) is 3.37. The van der Waals surface area contributed by atoms with Crippen LogP contribution >= 0.6 is 0 Å². The zero-order valence-electron chi connectivity index (χ0n) is 16.1. The Balaban J connectivity index is 1.81. The molecule has 1 aromatic carbocycles. The second kappa shape index (κ2) is 9.24. The molecule has 0 bridgehead atoms. The standard InChI is InChI=1S/C19H22F3N5O3/c20-19(21,22)11-23-17(29)13-4-7-16(12(9-13)3-1-2-8-28)27-10-15(25-26-27)18(30)24-14-5-6-14/h4,7,9-10,14,28H,1-3,5-6,8,11H2,(H,23,29)(H,24,30). The van der Waals surface area contributed by atoms with E-state index in [0.29, 0.717) is 30.5 Å². The Kier molecular flexibility index (Phi) is 6.70. The van der Waals surface area contributed by atoms with Crippen LogP contribution in [0.3, 0.4) is 0 Å². The van der Waals surface area contributed by atoms with Crippen molar-refractivity contribution in [1.29, 1.82) is 0 Å². The Morgan fingerprint density at radius 2 is 1.97 bits per heavy atom. The highest BCUT2D eigenvalue weighted by Gasteiger charge is 2.28. The highest BCUT2D eigenvalue weighted by Crippen LogP contribution is 2.21. The van der Waals surface area contributed by atoms with Crippen LogP contribution in [0.15, 0.2) is 24.4 Å². The number of aryl methyl sites for hydroxylation is 1. The molecule has 1 aliphatic carbocycles. The third-order valence-corrected chi connectivity index (χ3v) is 4.53. The fraction of sp³-hybridized carbons (Fsp3) is 0.474. The number of nitrogens with one attached hydrogen (secondary N) is 2. The lowest BCUT2D eigenvalue weighted by atomic mass is 10.0. The minimum absolute atomic E-state index is 0.00406. The van der Waals surface area contributed by atoms with E-state index in [-0.39, 0.29) is 29.8 Å². The number of aromatic nitrogens is 3. The zero-order valence-corrected chi connectivity index (χ0v) is 16.1. The first-order chi connectivity index (χ1) is 14.3. The van der Waals surface area contributed by atoms with Crippen LogP contribution in [-0.2, 0) is 6.42 Å². The predicted molar refractivity (Wildman–Crippen MR) is 100 cm³/mol. The first-order valence-electron chi connectivity index (χ1n) is 9.59. The molecule has 1 fully saturated rings. The number of carbonyl (C=O) groups is 2. The van der Waals surface area contributed by atoms with E-state index in [1.54, 1.807) is 6.07 Å². The summed E-state index contributed by atoms with van der Waals surface area (Å²) < 4.78 is 38.5. The molecule has 0 unspecified atom stereocenters. The van der Waals surface area contributed by atoms with Crippen molar-refractivity contribution in [2.45, 2.75) is 44.3 Å². The van der Waals surface area contributed by atoms with Crippen LogP contribution in [0.25, 0.3) is 5.69 Å². The Morgan fingerprint density at radius 1 is 1.20 bits per heavy atom. The summed E-state index contributed by atoms with van der Waals surface area (Å²) in [6.07, 6.45) is 0.417. The van der Waals surface area contributed by atoms with Crippen molar-refractivity contribution >= 4 is 11.8 Å². The Bertz CT molecular complexity index is 909. The molecule has 2 aromatic rings. The van der Waals surface area contributed by atoms with Gasteiger partial charge in [0, 0.05) is 18.2 Å². The largest absolute Gasteiger partial charge is 0.405 e. The third-order valence-electron chi connectivity index (χ3n) is 4.53. The number of hydrogen-bond donors (Lipinski definition) is 3. The number of hydrogen-bond acceptors (Lipinski definition) is 5. The molecule has 3 rings (SSSR count). The normalized spacial score (nSPS) is 13.9. The van der Waals surface area contributed by atoms with E-state index < -0.39 is 18.6 Å². The van der Waals surface area contributed by atoms with Gasteiger partial charge in [-0.3, -0.25) is 9.59 Å². The van der Waals surface area contributed by atoms with Gasteiger partial charge in [-0.25, -0.2) is 4.68 Å². The van der Waals surface area contributed by atoms with Crippen molar-refractivity contribution in [3.8, 4) is 5.69 Å². The number of alkyl halides is 3. The Hall–Kier alpha value is -2.95. The summed E-state index contributed by atoms with van der Waals surface area (Å²) >= 11 is 0. The summed E-state index contributed by atoms with van der Waals surface area (Å²) in [5, 5.41) is 21.5. The molecule has 1 aromatic heterocycles. The summed E-state index contributed by atoms with van der Waals surface area (Å²) in [6.45, 7) is -1.42. The molecule has 162 valence electrons. The SMILES string of the molecule is O=C(NCC(F)(F)F)c1ccc(-n2cc(C(=O)NC3CC3)nn2)c(CCCCO)c1. The van der Waals surface area contributed by atoms with Crippen molar-refractivity contribution in [2.75, 3.05) is 13.2 Å². The molecule has 2 amide bonds. The van der Waals surface area contributed by atoms with Crippen molar-refractivity contribution in [2.24, 2.45) is 0 Å². The molecule has 1 saturated carbocycles. The van der Waals surface area contributed by atoms with E-state index in [0.717, 1.165) is 12.8 Å². The molecule has 3 N–H and O–H groups in total. The number of amides is 2. The number of halogens is 3. The Morgan fingerprint density at radius 3 is 2.63 bits per heavy atom. The van der Waals surface area contributed by atoms with Crippen molar-refractivity contribution in [3.05, 3.63) is 41.2 Å². The summed E-state index contributed by atoms with van der Waals surface area (Å²) in [5.41, 5.74) is 1.42. The van der Waals surface area contributed by atoms with Crippen LogP contribution in [0.2, 0.25) is 0 Å². The van der Waals surface area contributed by atoms with E-state index >= 15 is 0 Å². The third kappa shape index (κ3) is 6.02. The maximum atomic E-state index is 12.4. The van der Waals surface area contributed by atoms with Crippen LogP contribution in [0.1, 0.15) is 52.1 Å². The monoisotopic (exact) mass is 425 g/mol. The molecule has 0 atom stereocenters. The molecule has 0 spiro atoms. The van der Waals surface area contributed by atoms with Gasteiger partial charge in [0.1, 0.15) is 6.54 Å². The van der Waals surface area contributed by atoms with Crippen molar-refractivity contribution in [3.63, 3.8) is 0 Å². The van der Waals surface area contributed by atoms with Gasteiger partial charge in [-0.05, 0) is 55.9 Å². The molecule has 1 heterocycles. The van der Waals surface area contributed by atoms with Gasteiger partial charge < -0.3 is 15.7 Å². The minimum Gasteiger partial charge on any atom is -0.396 e. The first-order valence-corrected chi connectivity index (χ1v) is 9.59. The molecule has 0 saturated heterocycles. The van der Waals surface area contributed by atoms with Gasteiger partial charge in [0.25, 0.3) is 11.8 Å². The number of carbonyl (C=O) groups excluding carboxylic acids is 2. The summed E-state index contributed by atoms with van der Waals surface area (Å²) in [7, 11) is 0. The maximum Gasteiger partial charge on any atom is 0.405 e. The number of nitrogens with zero attached hydrogens (tertiary/aromatic N) is 3. The fourth-order valence-corrected chi connectivity index (χ4v) is 2.83. The lowest BCUT2D eigenvalue weighted by Crippen LogP contribution is -2.33. The van der Waals surface area contributed by atoms with Gasteiger partial charge in [-0.15, -0.1) is 5.10 Å². The van der Waals surface area contributed by atoms with E-state index in [1.807, 2.05) is 5.32 Å². The molecule has 11 heteroatoms. The van der Waals surface area contributed by atoms with Gasteiger partial charge in [0.15, 0.2) is 5.69 Å². The molecular formula is C19H22F3N5O3. The maximum absolute atomic E-state index is 12.4. The van der Waals surface area contributed by atoms with Crippen molar-refractivity contribution in [1.82, 2.24) is 25.6 Å². The fourth-order valence-electron chi connectivity index (χ4n) is 2.83. The average molecular weight is 425 g/mol.